The Morgan fingerprint density at radius 3 is 2.44 bits per heavy atom. The lowest BCUT2D eigenvalue weighted by Gasteiger charge is -2.36. The zero-order valence-electron chi connectivity index (χ0n) is 18.0. The Morgan fingerprint density at radius 2 is 1.75 bits per heavy atom. The van der Waals surface area contributed by atoms with E-state index in [9.17, 15) is 9.59 Å². The summed E-state index contributed by atoms with van der Waals surface area (Å²) >= 11 is 0. The molecule has 166 valence electrons. The van der Waals surface area contributed by atoms with E-state index in [0.717, 1.165) is 32.1 Å². The van der Waals surface area contributed by atoms with Crippen molar-refractivity contribution in [2.24, 2.45) is 0 Å². The normalized spacial score (nSPS) is 15.0. The van der Waals surface area contributed by atoms with Crippen molar-refractivity contribution >= 4 is 17.7 Å². The van der Waals surface area contributed by atoms with Crippen LogP contribution < -0.4 is 10.6 Å². The zero-order valence-corrected chi connectivity index (χ0v) is 18.0. The molecule has 3 aromatic rings. The SMILES string of the molecule is CCOC(=O)c1ccc(-n2nnnc2C2(NC(=O)Nc3ccccc3)CCCCC2)cc1. The largest absolute Gasteiger partial charge is 0.462 e. The number of nitrogens with one attached hydrogen (secondary N) is 2. The van der Waals surface area contributed by atoms with Gasteiger partial charge >= 0.3 is 12.0 Å². The number of anilines is 1. The number of nitrogens with zero attached hydrogens (tertiary/aromatic N) is 4. The van der Waals surface area contributed by atoms with Crippen molar-refractivity contribution < 1.29 is 14.3 Å². The molecule has 0 spiro atoms. The van der Waals surface area contributed by atoms with Gasteiger partial charge in [0.15, 0.2) is 5.82 Å². The molecule has 1 fully saturated rings. The number of hydrogen-bond acceptors (Lipinski definition) is 6. The first-order valence-corrected chi connectivity index (χ1v) is 10.8. The standard InChI is InChI=1S/C23H26N6O3/c1-2-32-20(30)17-11-13-19(14-12-17)29-21(26-27-28-29)23(15-7-4-8-16-23)25-22(31)24-18-9-5-3-6-10-18/h3,5-6,9-14H,2,4,7-8,15-16H2,1H3,(H2,24,25,31). The van der Waals surface area contributed by atoms with Crippen molar-refractivity contribution in [3.63, 3.8) is 0 Å². The number of aromatic nitrogens is 4. The molecule has 0 unspecified atom stereocenters. The Kier molecular flexibility index (Phi) is 6.44. The first-order chi connectivity index (χ1) is 15.6. The fraction of sp³-hybridized carbons (Fsp3) is 0.348. The van der Waals surface area contributed by atoms with Crippen LogP contribution in [0.25, 0.3) is 5.69 Å². The number of para-hydroxylation sites is 1. The highest BCUT2D eigenvalue weighted by Crippen LogP contribution is 2.36. The molecule has 9 heteroatoms. The molecule has 2 aromatic carbocycles. The Balaban J connectivity index is 1.60. The number of tetrazole rings is 1. The maximum atomic E-state index is 12.9. The van der Waals surface area contributed by atoms with E-state index in [1.165, 1.54) is 0 Å². The molecule has 1 heterocycles. The highest BCUT2D eigenvalue weighted by atomic mass is 16.5. The summed E-state index contributed by atoms with van der Waals surface area (Å²) < 4.78 is 6.67. The summed E-state index contributed by atoms with van der Waals surface area (Å²) in [6.45, 7) is 2.08. The number of carbonyl (C=O) groups excluding carboxylic acids is 2. The van der Waals surface area contributed by atoms with Crippen LogP contribution in [0.15, 0.2) is 54.6 Å². The molecule has 0 atom stereocenters. The molecule has 0 radical (unpaired) electrons. The van der Waals surface area contributed by atoms with Crippen LogP contribution in [-0.4, -0.2) is 38.8 Å². The van der Waals surface area contributed by atoms with Gasteiger partial charge in [-0.3, -0.25) is 0 Å². The minimum atomic E-state index is -0.694. The number of carbonyl (C=O) groups is 2. The van der Waals surface area contributed by atoms with E-state index in [1.807, 2.05) is 30.3 Å². The van der Waals surface area contributed by atoms with Crippen molar-refractivity contribution in [1.29, 1.82) is 0 Å². The Bertz CT molecular complexity index is 1060. The van der Waals surface area contributed by atoms with E-state index in [1.54, 1.807) is 35.9 Å². The van der Waals surface area contributed by atoms with Crippen LogP contribution in [0.1, 0.15) is 55.2 Å². The van der Waals surface area contributed by atoms with Crippen molar-refractivity contribution in [3.8, 4) is 5.69 Å². The van der Waals surface area contributed by atoms with Crippen molar-refractivity contribution in [3.05, 3.63) is 66.0 Å². The minimum Gasteiger partial charge on any atom is -0.462 e. The topological polar surface area (TPSA) is 111 Å². The number of rotatable bonds is 6. The number of ether oxygens (including phenoxy) is 1. The molecule has 0 saturated heterocycles. The quantitative estimate of drug-likeness (QED) is 0.571. The summed E-state index contributed by atoms with van der Waals surface area (Å²) in [5.74, 6) is 0.197. The van der Waals surface area contributed by atoms with Gasteiger partial charge in [-0.1, -0.05) is 37.5 Å². The minimum absolute atomic E-state index is 0.301. The van der Waals surface area contributed by atoms with Crippen LogP contribution in [0.4, 0.5) is 10.5 Å². The maximum Gasteiger partial charge on any atom is 0.338 e. The van der Waals surface area contributed by atoms with Gasteiger partial charge in [0.2, 0.25) is 0 Å². The lowest BCUT2D eigenvalue weighted by Crippen LogP contribution is -2.50. The van der Waals surface area contributed by atoms with Crippen LogP contribution >= 0.6 is 0 Å². The van der Waals surface area contributed by atoms with Crippen LogP contribution in [0.5, 0.6) is 0 Å². The number of benzene rings is 2. The molecule has 1 aliphatic carbocycles. The molecular formula is C23H26N6O3. The van der Waals surface area contributed by atoms with Gasteiger partial charge in [-0.25, -0.2) is 9.59 Å². The molecule has 1 aromatic heterocycles. The van der Waals surface area contributed by atoms with Gasteiger partial charge in [-0.2, -0.15) is 4.68 Å². The second-order valence-electron chi connectivity index (χ2n) is 7.77. The fourth-order valence-electron chi connectivity index (χ4n) is 4.07. The highest BCUT2D eigenvalue weighted by molar-refractivity contribution is 5.90. The third kappa shape index (κ3) is 4.61. The summed E-state index contributed by atoms with van der Waals surface area (Å²) in [5.41, 5.74) is 1.18. The molecule has 1 saturated carbocycles. The number of hydrogen-bond donors (Lipinski definition) is 2. The van der Waals surface area contributed by atoms with Gasteiger partial charge in [0.25, 0.3) is 0 Å². The Labute approximate surface area is 186 Å². The van der Waals surface area contributed by atoms with Gasteiger partial charge in [-0.05, 0) is 66.6 Å². The molecule has 9 nitrogen and oxygen atoms in total. The van der Waals surface area contributed by atoms with Gasteiger partial charge in [-0.15, -0.1) is 5.10 Å². The van der Waals surface area contributed by atoms with E-state index < -0.39 is 5.54 Å². The molecule has 2 amide bonds. The molecule has 0 aliphatic heterocycles. The predicted octanol–water partition coefficient (Wildman–Crippen LogP) is 3.82. The summed E-state index contributed by atoms with van der Waals surface area (Å²) in [5, 5.41) is 18.4. The fourth-order valence-corrected chi connectivity index (χ4v) is 4.07. The van der Waals surface area contributed by atoms with E-state index in [4.69, 9.17) is 4.74 Å². The molecular weight excluding hydrogens is 408 g/mol. The maximum absolute atomic E-state index is 12.9. The first-order valence-electron chi connectivity index (χ1n) is 10.8. The van der Waals surface area contributed by atoms with Gasteiger partial charge in [0.05, 0.1) is 17.9 Å². The van der Waals surface area contributed by atoms with E-state index in [-0.39, 0.29) is 12.0 Å². The summed E-state index contributed by atoms with van der Waals surface area (Å²) in [7, 11) is 0. The molecule has 1 aliphatic rings. The number of amides is 2. The molecule has 4 rings (SSSR count). The smallest absolute Gasteiger partial charge is 0.338 e. The average molecular weight is 435 g/mol. The Morgan fingerprint density at radius 1 is 1.03 bits per heavy atom. The third-order valence-electron chi connectivity index (χ3n) is 5.61. The van der Waals surface area contributed by atoms with Crippen molar-refractivity contribution in [2.45, 2.75) is 44.6 Å². The monoisotopic (exact) mass is 434 g/mol. The van der Waals surface area contributed by atoms with Crippen LogP contribution in [0.3, 0.4) is 0 Å². The van der Waals surface area contributed by atoms with Crippen molar-refractivity contribution in [2.75, 3.05) is 11.9 Å². The van der Waals surface area contributed by atoms with Crippen LogP contribution in [0.2, 0.25) is 0 Å². The van der Waals surface area contributed by atoms with E-state index >= 15 is 0 Å². The molecule has 2 N–H and O–H groups in total. The second kappa shape index (κ2) is 9.59. The van der Waals surface area contributed by atoms with Crippen LogP contribution in [0, 0.1) is 0 Å². The summed E-state index contributed by atoms with van der Waals surface area (Å²) in [4.78, 5) is 24.8. The lowest BCUT2D eigenvalue weighted by atomic mass is 9.81. The zero-order chi connectivity index (χ0) is 22.4. The average Bonchev–Trinajstić information content (AvgIpc) is 3.31. The van der Waals surface area contributed by atoms with Gasteiger partial charge < -0.3 is 15.4 Å². The first kappa shape index (κ1) is 21.5. The highest BCUT2D eigenvalue weighted by Gasteiger charge is 2.40. The third-order valence-corrected chi connectivity index (χ3v) is 5.61. The van der Waals surface area contributed by atoms with Gasteiger partial charge in [0.1, 0.15) is 5.54 Å². The summed E-state index contributed by atoms with van der Waals surface area (Å²) in [6, 6.07) is 15.9. The van der Waals surface area contributed by atoms with E-state index in [0.29, 0.717) is 29.4 Å². The second-order valence-corrected chi connectivity index (χ2v) is 7.77. The number of esters is 1. The lowest BCUT2D eigenvalue weighted by molar-refractivity contribution is 0.0526. The van der Waals surface area contributed by atoms with Gasteiger partial charge in [0, 0.05) is 5.69 Å². The molecule has 0 bridgehead atoms. The Hall–Kier alpha value is -3.75. The predicted molar refractivity (Wildman–Crippen MR) is 118 cm³/mol. The number of urea groups is 1. The van der Waals surface area contributed by atoms with Crippen LogP contribution in [-0.2, 0) is 10.3 Å². The van der Waals surface area contributed by atoms with E-state index in [2.05, 4.69) is 26.2 Å². The summed E-state index contributed by atoms with van der Waals surface area (Å²) in [6.07, 6.45) is 4.48. The van der Waals surface area contributed by atoms with Crippen molar-refractivity contribution in [1.82, 2.24) is 25.5 Å². The molecule has 32 heavy (non-hydrogen) atoms.